The summed E-state index contributed by atoms with van der Waals surface area (Å²) in [4.78, 5) is 29.9. The van der Waals surface area contributed by atoms with Gasteiger partial charge in [-0.3, -0.25) is 14.2 Å². The van der Waals surface area contributed by atoms with Crippen LogP contribution in [-0.4, -0.2) is 22.1 Å². The molecular weight excluding hydrogens is 438 g/mol. The molecule has 0 spiro atoms. The standard InChI is InChI=1S/C29H23N3O3/c1-20-30-27-10-6-5-9-26(27)29(34)32(20)24-15-13-23(14-16-24)31-28(33)19-35-25-17-11-22(12-18-25)21-7-3-2-4-8-21/h2-18H,19H2,1H3,(H,31,33). The van der Waals surface area contributed by atoms with Crippen molar-refractivity contribution in [3.63, 3.8) is 0 Å². The summed E-state index contributed by atoms with van der Waals surface area (Å²) in [7, 11) is 0. The first-order valence-electron chi connectivity index (χ1n) is 11.3. The van der Waals surface area contributed by atoms with E-state index < -0.39 is 0 Å². The van der Waals surface area contributed by atoms with Crippen LogP contribution in [0.1, 0.15) is 5.82 Å². The predicted molar refractivity (Wildman–Crippen MR) is 138 cm³/mol. The molecule has 1 aromatic heterocycles. The number of nitrogens with one attached hydrogen (secondary N) is 1. The lowest BCUT2D eigenvalue weighted by Gasteiger charge is -2.12. The average molecular weight is 462 g/mol. The number of hydrogen-bond donors (Lipinski definition) is 1. The highest BCUT2D eigenvalue weighted by Crippen LogP contribution is 2.22. The van der Waals surface area contributed by atoms with Gasteiger partial charge >= 0.3 is 0 Å². The van der Waals surface area contributed by atoms with Gasteiger partial charge in [-0.25, -0.2) is 4.98 Å². The largest absolute Gasteiger partial charge is 0.484 e. The monoisotopic (exact) mass is 461 g/mol. The van der Waals surface area contributed by atoms with Crippen molar-refractivity contribution in [2.24, 2.45) is 0 Å². The minimum atomic E-state index is -0.273. The fourth-order valence-corrected chi connectivity index (χ4v) is 3.96. The van der Waals surface area contributed by atoms with Gasteiger partial charge in [-0.1, -0.05) is 54.6 Å². The predicted octanol–water partition coefficient (Wildman–Crippen LogP) is 5.38. The van der Waals surface area contributed by atoms with Crippen molar-refractivity contribution in [2.75, 3.05) is 11.9 Å². The van der Waals surface area contributed by atoms with Gasteiger partial charge < -0.3 is 10.1 Å². The molecule has 1 heterocycles. The first kappa shape index (κ1) is 22.1. The normalized spacial score (nSPS) is 10.8. The van der Waals surface area contributed by atoms with Crippen LogP contribution in [0.3, 0.4) is 0 Å². The Morgan fingerprint density at radius 2 is 1.49 bits per heavy atom. The van der Waals surface area contributed by atoms with Crippen LogP contribution in [0.4, 0.5) is 5.69 Å². The number of carbonyl (C=O) groups is 1. The fraction of sp³-hybridized carbons (Fsp3) is 0.0690. The SMILES string of the molecule is Cc1nc2ccccc2c(=O)n1-c1ccc(NC(=O)COc2ccc(-c3ccccc3)cc2)cc1. The Labute approximate surface area is 202 Å². The van der Waals surface area contributed by atoms with Crippen molar-refractivity contribution in [2.45, 2.75) is 6.92 Å². The average Bonchev–Trinajstić information content (AvgIpc) is 2.89. The highest BCUT2D eigenvalue weighted by Gasteiger charge is 2.10. The number of aromatic nitrogens is 2. The minimum absolute atomic E-state index is 0.112. The second-order valence-electron chi connectivity index (χ2n) is 8.09. The number of hydrogen-bond acceptors (Lipinski definition) is 4. The number of ether oxygens (including phenoxy) is 1. The van der Waals surface area contributed by atoms with Crippen LogP contribution in [0.5, 0.6) is 5.75 Å². The van der Waals surface area contributed by atoms with Crippen molar-refractivity contribution < 1.29 is 9.53 Å². The first-order valence-corrected chi connectivity index (χ1v) is 11.3. The van der Waals surface area contributed by atoms with Gasteiger partial charge in [-0.2, -0.15) is 0 Å². The highest BCUT2D eigenvalue weighted by atomic mass is 16.5. The second kappa shape index (κ2) is 9.65. The van der Waals surface area contributed by atoms with Crippen LogP contribution in [-0.2, 0) is 4.79 Å². The van der Waals surface area contributed by atoms with E-state index in [-0.39, 0.29) is 18.1 Å². The lowest BCUT2D eigenvalue weighted by molar-refractivity contribution is -0.118. The quantitative estimate of drug-likeness (QED) is 0.369. The van der Waals surface area contributed by atoms with Gasteiger partial charge in [0.2, 0.25) is 0 Å². The third-order valence-electron chi connectivity index (χ3n) is 5.68. The van der Waals surface area contributed by atoms with E-state index in [1.807, 2.05) is 72.8 Å². The van der Waals surface area contributed by atoms with Crippen molar-refractivity contribution in [1.29, 1.82) is 0 Å². The van der Waals surface area contributed by atoms with Crippen molar-refractivity contribution in [3.05, 3.63) is 119 Å². The topological polar surface area (TPSA) is 73.2 Å². The molecule has 6 heteroatoms. The minimum Gasteiger partial charge on any atom is -0.484 e. The molecule has 0 aliphatic rings. The molecule has 5 aromatic rings. The van der Waals surface area contributed by atoms with Crippen LogP contribution in [0.25, 0.3) is 27.7 Å². The van der Waals surface area contributed by atoms with Crippen LogP contribution < -0.4 is 15.6 Å². The fourth-order valence-electron chi connectivity index (χ4n) is 3.96. The molecule has 1 amide bonds. The third-order valence-corrected chi connectivity index (χ3v) is 5.68. The Balaban J connectivity index is 1.23. The Kier molecular flexibility index (Phi) is 6.09. The number of nitrogens with zero attached hydrogens (tertiary/aromatic N) is 2. The molecule has 0 aliphatic heterocycles. The van der Waals surface area contributed by atoms with Gasteiger partial charge in [0.1, 0.15) is 11.6 Å². The number of rotatable bonds is 6. The maximum absolute atomic E-state index is 13.0. The van der Waals surface area contributed by atoms with Crippen molar-refractivity contribution in [3.8, 4) is 22.6 Å². The Morgan fingerprint density at radius 3 is 2.23 bits per heavy atom. The molecule has 4 aromatic carbocycles. The van der Waals surface area contributed by atoms with Gasteiger partial charge in [0.25, 0.3) is 11.5 Å². The van der Waals surface area contributed by atoms with Crippen LogP contribution >= 0.6 is 0 Å². The van der Waals surface area contributed by atoms with Crippen LogP contribution in [0.15, 0.2) is 108 Å². The maximum Gasteiger partial charge on any atom is 0.265 e. The Bertz CT molecular complexity index is 1540. The van der Waals surface area contributed by atoms with Gasteiger partial charge in [0.15, 0.2) is 6.61 Å². The number of anilines is 1. The number of carbonyl (C=O) groups excluding carboxylic acids is 1. The molecule has 5 rings (SSSR count). The molecule has 1 N–H and O–H groups in total. The summed E-state index contributed by atoms with van der Waals surface area (Å²) in [6, 6.07) is 32.0. The van der Waals surface area contributed by atoms with Crippen LogP contribution in [0, 0.1) is 6.92 Å². The Hall–Kier alpha value is -4.71. The molecule has 6 nitrogen and oxygen atoms in total. The first-order chi connectivity index (χ1) is 17.1. The molecule has 0 saturated heterocycles. The molecule has 0 bridgehead atoms. The molecule has 0 atom stereocenters. The molecule has 0 fully saturated rings. The molecule has 0 aliphatic carbocycles. The van der Waals surface area contributed by atoms with Crippen molar-refractivity contribution in [1.82, 2.24) is 9.55 Å². The van der Waals surface area contributed by atoms with Gasteiger partial charge in [0, 0.05) is 5.69 Å². The summed E-state index contributed by atoms with van der Waals surface area (Å²) in [5.41, 5.74) is 4.04. The summed E-state index contributed by atoms with van der Waals surface area (Å²) >= 11 is 0. The molecule has 172 valence electrons. The number of para-hydroxylation sites is 1. The molecule has 0 radical (unpaired) electrons. The van der Waals surface area contributed by atoms with E-state index in [1.165, 1.54) is 0 Å². The molecule has 35 heavy (non-hydrogen) atoms. The number of aryl methyl sites for hydroxylation is 1. The smallest absolute Gasteiger partial charge is 0.265 e. The maximum atomic E-state index is 13.0. The Morgan fingerprint density at radius 1 is 0.829 bits per heavy atom. The lowest BCUT2D eigenvalue weighted by Crippen LogP contribution is -2.22. The number of fused-ring (bicyclic) bond motifs is 1. The van der Waals surface area contributed by atoms with Crippen LogP contribution in [0.2, 0.25) is 0 Å². The zero-order chi connectivity index (χ0) is 24.2. The highest BCUT2D eigenvalue weighted by molar-refractivity contribution is 5.92. The zero-order valence-corrected chi connectivity index (χ0v) is 19.1. The molecule has 0 saturated carbocycles. The zero-order valence-electron chi connectivity index (χ0n) is 19.1. The summed E-state index contributed by atoms with van der Waals surface area (Å²) in [5.74, 6) is 0.941. The van der Waals surface area contributed by atoms with E-state index in [0.717, 1.165) is 11.1 Å². The number of amides is 1. The third kappa shape index (κ3) is 4.82. The number of benzene rings is 4. The summed E-state index contributed by atoms with van der Waals surface area (Å²) in [6.07, 6.45) is 0. The van der Waals surface area contributed by atoms with E-state index in [4.69, 9.17) is 4.74 Å². The summed E-state index contributed by atoms with van der Waals surface area (Å²) < 4.78 is 7.20. The van der Waals surface area contributed by atoms with E-state index in [2.05, 4.69) is 10.3 Å². The van der Waals surface area contributed by atoms with Gasteiger partial charge in [0.05, 0.1) is 16.6 Å². The molecular formula is C29H23N3O3. The van der Waals surface area contributed by atoms with Gasteiger partial charge in [-0.05, 0) is 66.6 Å². The second-order valence-corrected chi connectivity index (χ2v) is 8.09. The van der Waals surface area contributed by atoms with E-state index in [1.54, 1.807) is 41.8 Å². The summed E-state index contributed by atoms with van der Waals surface area (Å²) in [5, 5.41) is 3.38. The van der Waals surface area contributed by atoms with E-state index in [9.17, 15) is 9.59 Å². The lowest BCUT2D eigenvalue weighted by atomic mass is 10.1. The van der Waals surface area contributed by atoms with E-state index >= 15 is 0 Å². The van der Waals surface area contributed by atoms with Crippen molar-refractivity contribution >= 4 is 22.5 Å². The van der Waals surface area contributed by atoms with Gasteiger partial charge in [-0.15, -0.1) is 0 Å². The molecule has 0 unspecified atom stereocenters. The van der Waals surface area contributed by atoms with E-state index in [0.29, 0.717) is 33.9 Å². The summed E-state index contributed by atoms with van der Waals surface area (Å²) in [6.45, 7) is 1.69.